The Balaban J connectivity index is 1.07. The van der Waals surface area contributed by atoms with E-state index >= 15 is 0 Å². The quantitative estimate of drug-likeness (QED) is 0.152. The van der Waals surface area contributed by atoms with Crippen molar-refractivity contribution < 1.29 is 0 Å². The van der Waals surface area contributed by atoms with Crippen molar-refractivity contribution in [1.82, 2.24) is 4.57 Å². The zero-order valence-electron chi connectivity index (χ0n) is 30.8. The number of benzene rings is 9. The van der Waals surface area contributed by atoms with E-state index in [4.69, 9.17) is 0 Å². The molecule has 0 aliphatic carbocycles. The largest absolute Gasteiger partial charge is 0.310 e. The predicted octanol–water partition coefficient (Wildman–Crippen LogP) is 14.9. The van der Waals surface area contributed by atoms with Crippen molar-refractivity contribution >= 4 is 38.9 Å². The average Bonchev–Trinajstić information content (AvgIpc) is 3.61. The van der Waals surface area contributed by atoms with E-state index < -0.39 is 0 Å². The van der Waals surface area contributed by atoms with Gasteiger partial charge < -0.3 is 9.47 Å². The molecule has 0 saturated heterocycles. The second-order valence-electron chi connectivity index (χ2n) is 14.2. The van der Waals surface area contributed by atoms with Gasteiger partial charge in [0.15, 0.2) is 0 Å². The predicted molar refractivity (Wildman–Crippen MR) is 237 cm³/mol. The molecular formula is C54H38N2. The van der Waals surface area contributed by atoms with Gasteiger partial charge in [-0.05, 0) is 117 Å². The van der Waals surface area contributed by atoms with Crippen LogP contribution in [0.1, 0.15) is 0 Å². The van der Waals surface area contributed by atoms with Crippen LogP contribution in [-0.4, -0.2) is 4.57 Å². The number of para-hydroxylation sites is 1. The second-order valence-corrected chi connectivity index (χ2v) is 14.2. The Morgan fingerprint density at radius 3 is 1.09 bits per heavy atom. The van der Waals surface area contributed by atoms with Crippen LogP contribution in [0.15, 0.2) is 231 Å². The fourth-order valence-electron chi connectivity index (χ4n) is 8.01. The topological polar surface area (TPSA) is 8.17 Å². The summed E-state index contributed by atoms with van der Waals surface area (Å²) in [6.07, 6.45) is 0. The van der Waals surface area contributed by atoms with Crippen LogP contribution in [0.2, 0.25) is 0 Å². The molecule has 10 rings (SSSR count). The van der Waals surface area contributed by atoms with Crippen LogP contribution in [0.4, 0.5) is 17.1 Å². The summed E-state index contributed by atoms with van der Waals surface area (Å²) in [6, 6.07) is 83.0. The lowest BCUT2D eigenvalue weighted by Gasteiger charge is -2.26. The van der Waals surface area contributed by atoms with Crippen LogP contribution >= 0.6 is 0 Å². The average molecular weight is 715 g/mol. The summed E-state index contributed by atoms with van der Waals surface area (Å²) in [7, 11) is 0. The van der Waals surface area contributed by atoms with Gasteiger partial charge in [0.1, 0.15) is 0 Å². The van der Waals surface area contributed by atoms with Gasteiger partial charge in [-0.2, -0.15) is 0 Å². The van der Waals surface area contributed by atoms with Crippen LogP contribution in [0.5, 0.6) is 0 Å². The SMILES string of the molecule is c1ccc(-c2ccc(N(c3ccc(-c4ccc5c(c4)c4cc(-c6ccccc6)ccc4n5-c4ccccc4)cc3)c3cccc(-c4ccccc4)c3)cc2)cc1. The molecule has 10 aromatic rings. The van der Waals surface area contributed by atoms with E-state index in [0.29, 0.717) is 0 Å². The van der Waals surface area contributed by atoms with E-state index in [9.17, 15) is 0 Å². The molecule has 1 heterocycles. The third-order valence-electron chi connectivity index (χ3n) is 10.8. The molecule has 0 bridgehead atoms. The summed E-state index contributed by atoms with van der Waals surface area (Å²) in [5, 5.41) is 2.48. The van der Waals surface area contributed by atoms with Crippen molar-refractivity contribution in [3.63, 3.8) is 0 Å². The lowest BCUT2D eigenvalue weighted by Crippen LogP contribution is -2.10. The van der Waals surface area contributed by atoms with Gasteiger partial charge in [-0.25, -0.2) is 0 Å². The molecule has 0 unspecified atom stereocenters. The van der Waals surface area contributed by atoms with Crippen LogP contribution in [0.25, 0.3) is 72.0 Å². The molecule has 56 heavy (non-hydrogen) atoms. The molecule has 2 heteroatoms. The fraction of sp³-hybridized carbons (Fsp3) is 0. The minimum Gasteiger partial charge on any atom is -0.310 e. The van der Waals surface area contributed by atoms with Gasteiger partial charge in [0.25, 0.3) is 0 Å². The molecule has 0 saturated carbocycles. The number of anilines is 3. The second kappa shape index (κ2) is 14.4. The first-order valence-electron chi connectivity index (χ1n) is 19.2. The van der Waals surface area contributed by atoms with Gasteiger partial charge >= 0.3 is 0 Å². The fourth-order valence-corrected chi connectivity index (χ4v) is 8.01. The van der Waals surface area contributed by atoms with E-state index in [0.717, 1.165) is 22.7 Å². The highest BCUT2D eigenvalue weighted by Crippen LogP contribution is 2.40. The van der Waals surface area contributed by atoms with Gasteiger partial charge in [-0.15, -0.1) is 0 Å². The summed E-state index contributed by atoms with van der Waals surface area (Å²) < 4.78 is 2.39. The summed E-state index contributed by atoms with van der Waals surface area (Å²) >= 11 is 0. The standard InChI is InChI=1S/C54H38N2/c1-5-14-39(15-6-1)42-24-30-48(31-25-42)55(50-23-13-20-44(36-50)40-16-7-2-8-17-40)49-32-26-43(27-33-49)46-29-35-54-52(38-46)51-37-45(41-18-9-3-10-19-41)28-34-53(51)56(54)47-21-11-4-12-22-47/h1-38H. The molecular weight excluding hydrogens is 677 g/mol. The molecule has 0 fully saturated rings. The molecule has 0 radical (unpaired) electrons. The third kappa shape index (κ3) is 6.24. The Morgan fingerprint density at radius 1 is 0.250 bits per heavy atom. The third-order valence-corrected chi connectivity index (χ3v) is 10.8. The number of rotatable bonds is 8. The van der Waals surface area contributed by atoms with E-state index in [1.165, 1.54) is 66.3 Å². The normalized spacial score (nSPS) is 11.2. The zero-order chi connectivity index (χ0) is 37.3. The first-order valence-corrected chi connectivity index (χ1v) is 19.2. The van der Waals surface area contributed by atoms with E-state index in [2.05, 4.69) is 240 Å². The molecule has 0 atom stereocenters. The highest BCUT2D eigenvalue weighted by Gasteiger charge is 2.17. The van der Waals surface area contributed by atoms with Crippen LogP contribution in [0, 0.1) is 0 Å². The highest BCUT2D eigenvalue weighted by molar-refractivity contribution is 6.11. The van der Waals surface area contributed by atoms with Crippen molar-refractivity contribution in [3.8, 4) is 50.2 Å². The molecule has 2 nitrogen and oxygen atoms in total. The summed E-state index contributed by atoms with van der Waals surface area (Å²) in [6.45, 7) is 0. The van der Waals surface area contributed by atoms with Crippen molar-refractivity contribution in [3.05, 3.63) is 231 Å². The van der Waals surface area contributed by atoms with E-state index in [1.54, 1.807) is 0 Å². The van der Waals surface area contributed by atoms with Crippen molar-refractivity contribution in [2.45, 2.75) is 0 Å². The highest BCUT2D eigenvalue weighted by atomic mass is 15.1. The van der Waals surface area contributed by atoms with Crippen LogP contribution in [0.3, 0.4) is 0 Å². The number of hydrogen-bond acceptors (Lipinski definition) is 1. The Bertz CT molecular complexity index is 2910. The minimum absolute atomic E-state index is 1.10. The Hall–Kier alpha value is -7.42. The maximum atomic E-state index is 2.39. The smallest absolute Gasteiger partial charge is 0.0541 e. The zero-order valence-corrected chi connectivity index (χ0v) is 30.8. The first-order chi connectivity index (χ1) is 27.8. The number of hydrogen-bond donors (Lipinski definition) is 0. The first kappa shape index (κ1) is 33.2. The van der Waals surface area contributed by atoms with Gasteiger partial charge in [0, 0.05) is 33.5 Å². The van der Waals surface area contributed by atoms with E-state index in [1.807, 2.05) is 0 Å². The van der Waals surface area contributed by atoms with Gasteiger partial charge in [0.2, 0.25) is 0 Å². The lowest BCUT2D eigenvalue weighted by atomic mass is 10.00. The van der Waals surface area contributed by atoms with Crippen molar-refractivity contribution in [2.24, 2.45) is 0 Å². The van der Waals surface area contributed by atoms with Gasteiger partial charge in [-0.1, -0.05) is 158 Å². The molecule has 264 valence electrons. The minimum atomic E-state index is 1.10. The molecule has 0 spiro atoms. The molecule has 0 N–H and O–H groups in total. The van der Waals surface area contributed by atoms with Gasteiger partial charge in [-0.3, -0.25) is 0 Å². The Kier molecular flexibility index (Phi) is 8.55. The molecule has 0 amide bonds. The Labute approximate surface area is 327 Å². The number of aromatic nitrogens is 1. The maximum absolute atomic E-state index is 2.39. The van der Waals surface area contributed by atoms with E-state index in [-0.39, 0.29) is 0 Å². The number of fused-ring (bicyclic) bond motifs is 3. The number of nitrogens with zero attached hydrogens (tertiary/aromatic N) is 2. The van der Waals surface area contributed by atoms with Crippen molar-refractivity contribution in [1.29, 1.82) is 0 Å². The van der Waals surface area contributed by atoms with Crippen molar-refractivity contribution in [2.75, 3.05) is 4.90 Å². The maximum Gasteiger partial charge on any atom is 0.0541 e. The summed E-state index contributed by atoms with van der Waals surface area (Å²) in [5.74, 6) is 0. The summed E-state index contributed by atoms with van der Waals surface area (Å²) in [4.78, 5) is 2.35. The molecule has 0 aliphatic rings. The van der Waals surface area contributed by atoms with Crippen LogP contribution in [-0.2, 0) is 0 Å². The molecule has 9 aromatic carbocycles. The van der Waals surface area contributed by atoms with Crippen LogP contribution < -0.4 is 4.90 Å². The van der Waals surface area contributed by atoms with Gasteiger partial charge in [0.05, 0.1) is 11.0 Å². The Morgan fingerprint density at radius 2 is 0.607 bits per heavy atom. The lowest BCUT2D eigenvalue weighted by molar-refractivity contribution is 1.18. The molecule has 1 aromatic heterocycles. The molecule has 0 aliphatic heterocycles. The monoisotopic (exact) mass is 714 g/mol. The summed E-state index contributed by atoms with van der Waals surface area (Å²) in [5.41, 5.74) is 16.4.